The van der Waals surface area contributed by atoms with E-state index in [1.54, 1.807) is 22.3 Å². The molecule has 0 aromatic carbocycles. The van der Waals surface area contributed by atoms with Gasteiger partial charge in [0.2, 0.25) is 0 Å². The second kappa shape index (κ2) is 9.78. The SMILES string of the molecule is Cc1c(C(=O)O)cc2cc(-c3cc4c(s3)CCN(C(=O)OC(C)(C)C)C4)cn2c1C(C)N1CCOCC1. The Morgan fingerprint density at radius 2 is 1.86 bits per heavy atom. The second-order valence-electron chi connectivity index (χ2n) is 10.9. The number of hydrogen-bond acceptors (Lipinski definition) is 6. The first kappa shape index (κ1) is 25.8. The quantitative estimate of drug-likeness (QED) is 0.494. The van der Waals surface area contributed by atoms with Crippen LogP contribution in [0.1, 0.15) is 65.8 Å². The van der Waals surface area contributed by atoms with Crippen molar-refractivity contribution in [2.75, 3.05) is 32.8 Å². The Labute approximate surface area is 221 Å². The zero-order valence-electron chi connectivity index (χ0n) is 22.2. The summed E-state index contributed by atoms with van der Waals surface area (Å²) in [6.45, 7) is 13.9. The third-order valence-electron chi connectivity index (χ3n) is 7.21. The van der Waals surface area contributed by atoms with Crippen molar-refractivity contribution in [2.45, 2.75) is 59.2 Å². The summed E-state index contributed by atoms with van der Waals surface area (Å²) in [4.78, 5) is 31.3. The number of fused-ring (bicyclic) bond motifs is 2. The van der Waals surface area contributed by atoms with Gasteiger partial charge in [0, 0.05) is 58.4 Å². The number of aromatic nitrogens is 1. The molecule has 1 unspecified atom stereocenters. The summed E-state index contributed by atoms with van der Waals surface area (Å²) in [5.74, 6) is -0.910. The molecule has 0 aliphatic carbocycles. The minimum atomic E-state index is -0.910. The third-order valence-corrected chi connectivity index (χ3v) is 8.50. The maximum absolute atomic E-state index is 12.6. The van der Waals surface area contributed by atoms with Gasteiger partial charge in [0.15, 0.2) is 0 Å². The van der Waals surface area contributed by atoms with E-state index in [4.69, 9.17) is 9.47 Å². The van der Waals surface area contributed by atoms with E-state index in [1.807, 2.05) is 27.7 Å². The normalized spacial score (nSPS) is 17.6. The van der Waals surface area contributed by atoms with E-state index in [0.29, 0.717) is 31.9 Å². The van der Waals surface area contributed by atoms with Gasteiger partial charge in [0.25, 0.3) is 0 Å². The van der Waals surface area contributed by atoms with Crippen molar-refractivity contribution in [2.24, 2.45) is 0 Å². The lowest BCUT2D eigenvalue weighted by Crippen LogP contribution is -2.39. The number of carbonyl (C=O) groups is 2. The summed E-state index contributed by atoms with van der Waals surface area (Å²) < 4.78 is 13.3. The summed E-state index contributed by atoms with van der Waals surface area (Å²) >= 11 is 1.75. The number of amides is 1. The smallest absolute Gasteiger partial charge is 0.410 e. The third kappa shape index (κ3) is 5.12. The van der Waals surface area contributed by atoms with E-state index < -0.39 is 11.6 Å². The molecule has 2 aliphatic heterocycles. The van der Waals surface area contributed by atoms with Crippen LogP contribution in [0.4, 0.5) is 4.79 Å². The second-order valence-corrected chi connectivity index (χ2v) is 12.1. The molecule has 0 bridgehead atoms. The van der Waals surface area contributed by atoms with Crippen LogP contribution in [0.2, 0.25) is 0 Å². The highest BCUT2D eigenvalue weighted by Gasteiger charge is 2.28. The van der Waals surface area contributed by atoms with Crippen LogP contribution in [0, 0.1) is 6.92 Å². The fraction of sp³-hybridized carbons (Fsp3) is 0.500. The van der Waals surface area contributed by atoms with Gasteiger partial charge in [-0.3, -0.25) is 4.90 Å². The highest BCUT2D eigenvalue weighted by Crippen LogP contribution is 2.38. The lowest BCUT2D eigenvalue weighted by molar-refractivity contribution is 0.0187. The summed E-state index contributed by atoms with van der Waals surface area (Å²) in [5.41, 5.74) is 4.69. The molecule has 37 heavy (non-hydrogen) atoms. The van der Waals surface area contributed by atoms with Crippen molar-refractivity contribution in [1.29, 1.82) is 0 Å². The van der Waals surface area contributed by atoms with Gasteiger partial charge in [-0.2, -0.15) is 0 Å². The fourth-order valence-electron chi connectivity index (χ4n) is 5.34. The highest BCUT2D eigenvalue weighted by atomic mass is 32.1. The molecular weight excluding hydrogens is 490 g/mol. The van der Waals surface area contributed by atoms with Gasteiger partial charge in [0.1, 0.15) is 5.60 Å². The number of nitrogens with zero attached hydrogens (tertiary/aromatic N) is 3. The van der Waals surface area contributed by atoms with Crippen molar-refractivity contribution in [3.63, 3.8) is 0 Å². The molecule has 5 heterocycles. The van der Waals surface area contributed by atoms with Gasteiger partial charge in [-0.15, -0.1) is 11.3 Å². The first-order valence-corrected chi connectivity index (χ1v) is 13.6. The van der Waals surface area contributed by atoms with E-state index in [9.17, 15) is 14.7 Å². The van der Waals surface area contributed by atoms with Crippen LogP contribution in [0.3, 0.4) is 0 Å². The van der Waals surface area contributed by atoms with Crippen molar-refractivity contribution < 1.29 is 24.2 Å². The number of aromatic carboxylic acids is 1. The molecule has 8 nitrogen and oxygen atoms in total. The number of carbonyl (C=O) groups excluding carboxylic acids is 1. The summed E-state index contributed by atoms with van der Waals surface area (Å²) in [6.07, 6.45) is 2.65. The summed E-state index contributed by atoms with van der Waals surface area (Å²) in [6, 6.07) is 6.06. The van der Waals surface area contributed by atoms with Crippen LogP contribution >= 0.6 is 11.3 Å². The molecule has 0 radical (unpaired) electrons. The van der Waals surface area contributed by atoms with Crippen LogP contribution in [0.15, 0.2) is 24.4 Å². The molecule has 5 rings (SSSR count). The number of pyridine rings is 1. The first-order valence-electron chi connectivity index (χ1n) is 12.8. The highest BCUT2D eigenvalue weighted by molar-refractivity contribution is 7.15. The number of rotatable bonds is 4. The van der Waals surface area contributed by atoms with Gasteiger partial charge in [-0.05, 0) is 70.4 Å². The van der Waals surface area contributed by atoms with E-state index in [-0.39, 0.29) is 12.1 Å². The van der Waals surface area contributed by atoms with Gasteiger partial charge in [0.05, 0.1) is 25.3 Å². The lowest BCUT2D eigenvalue weighted by atomic mass is 10.0. The number of hydrogen-bond donors (Lipinski definition) is 1. The minimum Gasteiger partial charge on any atom is -0.478 e. The molecule has 198 valence electrons. The Kier molecular flexibility index (Phi) is 6.81. The van der Waals surface area contributed by atoms with Crippen LogP contribution in [0.25, 0.3) is 16.0 Å². The summed E-state index contributed by atoms with van der Waals surface area (Å²) in [7, 11) is 0. The zero-order valence-corrected chi connectivity index (χ0v) is 23.0. The Bertz CT molecular complexity index is 1350. The molecule has 3 aromatic rings. The van der Waals surface area contributed by atoms with Gasteiger partial charge < -0.3 is 23.9 Å². The van der Waals surface area contributed by atoms with Crippen molar-refractivity contribution in [3.8, 4) is 10.4 Å². The van der Waals surface area contributed by atoms with E-state index in [2.05, 4.69) is 34.6 Å². The van der Waals surface area contributed by atoms with Gasteiger partial charge >= 0.3 is 12.1 Å². The monoisotopic (exact) mass is 525 g/mol. The molecule has 1 atom stereocenters. The molecule has 1 fully saturated rings. The van der Waals surface area contributed by atoms with Crippen LogP contribution < -0.4 is 0 Å². The minimum absolute atomic E-state index is 0.0462. The topological polar surface area (TPSA) is 83.7 Å². The van der Waals surface area contributed by atoms with E-state index in [1.165, 1.54) is 4.88 Å². The molecule has 1 N–H and O–H groups in total. The number of carboxylic acids is 1. The average Bonchev–Trinajstić information content (AvgIpc) is 3.46. The van der Waals surface area contributed by atoms with Crippen molar-refractivity contribution >= 4 is 28.9 Å². The van der Waals surface area contributed by atoms with Crippen molar-refractivity contribution in [3.05, 3.63) is 51.7 Å². The Morgan fingerprint density at radius 1 is 1.14 bits per heavy atom. The predicted octanol–water partition coefficient (Wildman–Crippen LogP) is 5.36. The van der Waals surface area contributed by atoms with Crippen LogP contribution in [0.5, 0.6) is 0 Å². The van der Waals surface area contributed by atoms with Gasteiger partial charge in [-0.1, -0.05) is 0 Å². The number of ether oxygens (including phenoxy) is 2. The molecule has 0 saturated carbocycles. The molecular formula is C28H35N3O5S. The van der Waals surface area contributed by atoms with E-state index in [0.717, 1.165) is 52.3 Å². The van der Waals surface area contributed by atoms with E-state index >= 15 is 0 Å². The zero-order chi connectivity index (χ0) is 26.5. The predicted molar refractivity (Wildman–Crippen MR) is 144 cm³/mol. The molecule has 1 amide bonds. The molecule has 3 aromatic heterocycles. The fourth-order valence-corrected chi connectivity index (χ4v) is 6.49. The maximum atomic E-state index is 12.6. The van der Waals surface area contributed by atoms with Crippen LogP contribution in [-0.4, -0.2) is 69.8 Å². The molecule has 9 heteroatoms. The van der Waals surface area contributed by atoms with Crippen LogP contribution in [-0.2, 0) is 22.4 Å². The summed E-state index contributed by atoms with van der Waals surface area (Å²) in [5, 5.41) is 9.93. The average molecular weight is 526 g/mol. The molecule has 0 spiro atoms. The Hall–Kier alpha value is -2.88. The van der Waals surface area contributed by atoms with Gasteiger partial charge in [-0.25, -0.2) is 9.59 Å². The number of morpholine rings is 1. The molecule has 2 aliphatic rings. The number of carboxylic acid groups (broad SMARTS) is 1. The van der Waals surface area contributed by atoms with Crippen molar-refractivity contribution in [1.82, 2.24) is 14.2 Å². The Balaban J connectivity index is 1.50. The largest absolute Gasteiger partial charge is 0.478 e. The Morgan fingerprint density at radius 3 is 2.54 bits per heavy atom. The standard InChI is InChI=1S/C28H35N3O5S/c1-17-22(26(32)33)14-21-12-19(16-31(21)25(17)18(2)29-8-10-35-11-9-29)24-13-20-15-30(7-6-23(20)37-24)27(34)36-28(3,4)5/h12-14,16,18H,6-11,15H2,1-5H3,(H,32,33). The lowest BCUT2D eigenvalue weighted by Gasteiger charge is -2.33. The molecule has 1 saturated heterocycles. The number of thiophene rings is 1. The maximum Gasteiger partial charge on any atom is 0.410 e. The first-order chi connectivity index (χ1) is 17.5.